The van der Waals surface area contributed by atoms with Crippen LogP contribution < -0.4 is 9.47 Å². The highest BCUT2D eigenvalue weighted by Crippen LogP contribution is 2.25. The molecule has 1 N–H and O–H groups in total. The molecule has 1 fully saturated rings. The van der Waals surface area contributed by atoms with E-state index in [4.69, 9.17) is 19.7 Å². The second-order valence-electron chi connectivity index (χ2n) is 11.3. The number of nitriles is 1. The summed E-state index contributed by atoms with van der Waals surface area (Å²) in [4.78, 5) is 27.6. The van der Waals surface area contributed by atoms with Gasteiger partial charge in [-0.2, -0.15) is 5.26 Å². The van der Waals surface area contributed by atoms with Gasteiger partial charge in [0.15, 0.2) is 17.2 Å². The topological polar surface area (TPSA) is 131 Å². The number of hydrogen-bond donors (Lipinski definition) is 1. The Hall–Kier alpha value is -5.28. The molecule has 0 saturated carbocycles. The van der Waals surface area contributed by atoms with E-state index in [0.29, 0.717) is 24.4 Å². The number of nitrogens with zero attached hydrogens (tertiary/aromatic N) is 7. The summed E-state index contributed by atoms with van der Waals surface area (Å²) in [5, 5.41) is 18.2. The van der Waals surface area contributed by atoms with Gasteiger partial charge >= 0.3 is 5.97 Å². The highest BCUT2D eigenvalue weighted by Gasteiger charge is 2.24. The van der Waals surface area contributed by atoms with E-state index in [-0.39, 0.29) is 30.4 Å². The van der Waals surface area contributed by atoms with E-state index in [1.807, 2.05) is 42.6 Å². The number of pyridine rings is 1. The van der Waals surface area contributed by atoms with Gasteiger partial charge in [0.05, 0.1) is 48.9 Å². The number of ether oxygens (including phenoxy) is 2. The predicted octanol–water partition coefficient (Wildman–Crippen LogP) is 4.96. The molecule has 1 aliphatic heterocycles. The van der Waals surface area contributed by atoms with Gasteiger partial charge in [0, 0.05) is 25.8 Å². The van der Waals surface area contributed by atoms with Gasteiger partial charge in [-0.1, -0.05) is 12.1 Å². The summed E-state index contributed by atoms with van der Waals surface area (Å²) in [6.07, 6.45) is 5.21. The van der Waals surface area contributed by atoms with Crippen molar-refractivity contribution in [2.75, 3.05) is 13.1 Å². The second kappa shape index (κ2) is 13.8. The molecule has 1 aliphatic rings. The summed E-state index contributed by atoms with van der Waals surface area (Å²) < 4.78 is 30.3. The number of carboxylic acid groups (broad SMARTS) is 1. The number of carbonyl (C=O) groups is 1. The van der Waals surface area contributed by atoms with Crippen LogP contribution in [0.4, 0.5) is 4.39 Å². The lowest BCUT2D eigenvalue weighted by Crippen LogP contribution is -2.38. The van der Waals surface area contributed by atoms with Gasteiger partial charge in [0.25, 0.3) is 0 Å². The predicted molar refractivity (Wildman–Crippen MR) is 167 cm³/mol. The quantitative estimate of drug-likeness (QED) is 0.205. The standard InChI is InChI=1S/C34H34FN7O4/c1-2-41-22-37-18-26(41)19-42-32(39-30-8-7-25(16-33(43)44)38-34(30)42)20-40-12-10-27(11-13-40)46-28-5-3-4-24(14-28)21-45-31-9-6-23(17-36)15-29(31)35/h3-9,14-15,18,22,27H,2,10-13,16,19-21H2,1H3,(H,43,44). The largest absolute Gasteiger partial charge is 0.490 e. The first-order valence-corrected chi connectivity index (χ1v) is 15.2. The van der Waals surface area contributed by atoms with Crippen molar-refractivity contribution in [3.05, 3.63) is 101 Å². The smallest absolute Gasteiger partial charge is 0.309 e. The van der Waals surface area contributed by atoms with Crippen molar-refractivity contribution < 1.29 is 23.8 Å². The van der Waals surface area contributed by atoms with E-state index in [9.17, 15) is 14.3 Å². The zero-order chi connectivity index (χ0) is 32.0. The Morgan fingerprint density at radius 1 is 1.11 bits per heavy atom. The maximum Gasteiger partial charge on any atom is 0.309 e. The molecule has 11 nitrogen and oxygen atoms in total. The Labute approximate surface area is 265 Å². The van der Waals surface area contributed by atoms with Crippen LogP contribution in [0.25, 0.3) is 11.2 Å². The summed E-state index contributed by atoms with van der Waals surface area (Å²) in [5.74, 6) is 0.201. The fourth-order valence-corrected chi connectivity index (χ4v) is 5.69. The molecule has 6 rings (SSSR count). The van der Waals surface area contributed by atoms with Crippen molar-refractivity contribution in [1.82, 2.24) is 29.0 Å². The zero-order valence-corrected chi connectivity index (χ0v) is 25.5. The van der Waals surface area contributed by atoms with E-state index < -0.39 is 11.8 Å². The Morgan fingerprint density at radius 3 is 2.72 bits per heavy atom. The molecule has 236 valence electrons. The normalized spacial score (nSPS) is 13.9. The van der Waals surface area contributed by atoms with Gasteiger partial charge in [0.1, 0.15) is 29.8 Å². The van der Waals surface area contributed by atoms with Crippen molar-refractivity contribution in [3.8, 4) is 17.6 Å². The van der Waals surface area contributed by atoms with E-state index in [1.54, 1.807) is 12.4 Å². The summed E-state index contributed by atoms with van der Waals surface area (Å²) in [6.45, 7) is 5.81. The number of benzene rings is 2. The molecule has 5 aromatic rings. The third-order valence-corrected chi connectivity index (χ3v) is 8.08. The van der Waals surface area contributed by atoms with Crippen LogP contribution in [-0.4, -0.2) is 59.3 Å². The van der Waals surface area contributed by atoms with Gasteiger partial charge in [-0.15, -0.1) is 0 Å². The van der Waals surface area contributed by atoms with E-state index in [2.05, 4.69) is 30.9 Å². The molecule has 2 aromatic carbocycles. The molecule has 0 atom stereocenters. The number of aromatic nitrogens is 5. The van der Waals surface area contributed by atoms with Crippen molar-refractivity contribution in [2.45, 2.75) is 58.5 Å². The molecular formula is C34H34FN7O4. The Bertz CT molecular complexity index is 1890. The maximum atomic E-state index is 14.2. The summed E-state index contributed by atoms with van der Waals surface area (Å²) in [6, 6.07) is 17.2. The molecule has 0 bridgehead atoms. The van der Waals surface area contributed by atoms with Crippen LogP contribution in [0.5, 0.6) is 11.5 Å². The molecule has 3 aromatic heterocycles. The molecule has 0 radical (unpaired) electrons. The first kappa shape index (κ1) is 30.7. The minimum Gasteiger partial charge on any atom is -0.490 e. The van der Waals surface area contributed by atoms with Crippen LogP contribution in [0.2, 0.25) is 0 Å². The van der Waals surface area contributed by atoms with E-state index in [1.165, 1.54) is 12.1 Å². The van der Waals surface area contributed by atoms with Crippen LogP contribution in [0.15, 0.2) is 67.1 Å². The number of fused-ring (bicyclic) bond motifs is 1. The van der Waals surface area contributed by atoms with Crippen LogP contribution in [0.1, 0.15) is 48.1 Å². The van der Waals surface area contributed by atoms with Crippen LogP contribution in [-0.2, 0) is 37.5 Å². The third kappa shape index (κ3) is 7.16. The molecule has 4 heterocycles. The fraction of sp³-hybridized carbons (Fsp3) is 0.324. The van der Waals surface area contributed by atoms with Crippen LogP contribution in [0, 0.1) is 17.1 Å². The number of rotatable bonds is 12. The molecular weight excluding hydrogens is 589 g/mol. The number of likely N-dealkylation sites (tertiary alicyclic amines) is 1. The number of imidazole rings is 2. The molecule has 12 heteroatoms. The average molecular weight is 624 g/mol. The maximum absolute atomic E-state index is 14.2. The first-order valence-electron chi connectivity index (χ1n) is 15.2. The van der Waals surface area contributed by atoms with Crippen LogP contribution >= 0.6 is 0 Å². The number of hydrogen-bond acceptors (Lipinski definition) is 8. The van der Waals surface area contributed by atoms with Gasteiger partial charge in [-0.25, -0.2) is 19.3 Å². The molecule has 0 unspecified atom stereocenters. The lowest BCUT2D eigenvalue weighted by Gasteiger charge is -2.32. The lowest BCUT2D eigenvalue weighted by atomic mass is 10.1. The van der Waals surface area contributed by atoms with Crippen molar-refractivity contribution in [3.63, 3.8) is 0 Å². The molecule has 0 amide bonds. The zero-order valence-electron chi connectivity index (χ0n) is 25.5. The highest BCUT2D eigenvalue weighted by molar-refractivity contribution is 5.74. The summed E-state index contributed by atoms with van der Waals surface area (Å²) in [7, 11) is 0. The van der Waals surface area contributed by atoms with E-state index in [0.717, 1.165) is 66.9 Å². The minimum absolute atomic E-state index is 0.0429. The number of halogens is 1. The minimum atomic E-state index is -0.925. The Morgan fingerprint density at radius 2 is 1.96 bits per heavy atom. The van der Waals surface area contributed by atoms with Crippen LogP contribution in [0.3, 0.4) is 0 Å². The second-order valence-corrected chi connectivity index (χ2v) is 11.3. The van der Waals surface area contributed by atoms with Gasteiger partial charge in [-0.3, -0.25) is 9.69 Å². The number of piperidine rings is 1. The fourth-order valence-electron chi connectivity index (χ4n) is 5.69. The SMILES string of the molecule is CCn1cncc1Cn1c(CN2CCC(Oc3cccc(COc4ccc(C#N)cc4F)c3)CC2)nc2ccc(CC(=O)O)nc21. The summed E-state index contributed by atoms with van der Waals surface area (Å²) >= 11 is 0. The lowest BCUT2D eigenvalue weighted by molar-refractivity contribution is -0.136. The van der Waals surface area contributed by atoms with E-state index >= 15 is 0 Å². The first-order chi connectivity index (χ1) is 22.4. The Balaban J connectivity index is 1.10. The van der Waals surface area contributed by atoms with Crippen molar-refractivity contribution in [1.29, 1.82) is 5.26 Å². The monoisotopic (exact) mass is 623 g/mol. The molecule has 0 aliphatic carbocycles. The van der Waals surface area contributed by atoms with Gasteiger partial charge < -0.3 is 23.7 Å². The number of carboxylic acids is 1. The third-order valence-electron chi connectivity index (χ3n) is 8.08. The Kier molecular flexibility index (Phi) is 9.21. The molecule has 46 heavy (non-hydrogen) atoms. The average Bonchev–Trinajstić information content (AvgIpc) is 3.65. The van der Waals surface area contributed by atoms with Crippen molar-refractivity contribution in [2.24, 2.45) is 0 Å². The molecule has 1 saturated heterocycles. The van der Waals surface area contributed by atoms with Gasteiger partial charge in [0.2, 0.25) is 0 Å². The van der Waals surface area contributed by atoms with Crippen molar-refractivity contribution >= 4 is 17.1 Å². The molecule has 0 spiro atoms. The van der Waals surface area contributed by atoms with Gasteiger partial charge in [-0.05, 0) is 67.8 Å². The number of aryl methyl sites for hydroxylation is 1. The number of aliphatic carboxylic acids is 1. The highest BCUT2D eigenvalue weighted by atomic mass is 19.1. The summed E-state index contributed by atoms with van der Waals surface area (Å²) in [5.41, 5.74) is 4.01.